The monoisotopic (exact) mass is 209 g/mol. The van der Waals surface area contributed by atoms with Crippen molar-refractivity contribution >= 4 is 6.03 Å². The molecule has 0 aliphatic heterocycles. The minimum absolute atomic E-state index is 0.203. The summed E-state index contributed by atoms with van der Waals surface area (Å²) >= 11 is 0. The van der Waals surface area contributed by atoms with Crippen molar-refractivity contribution in [2.24, 2.45) is 0 Å². The van der Waals surface area contributed by atoms with Gasteiger partial charge in [-0.3, -0.25) is 0 Å². The average molecular weight is 209 g/mol. The maximum absolute atomic E-state index is 11.1. The summed E-state index contributed by atoms with van der Waals surface area (Å²) in [5.74, 6) is 0.775. The predicted octanol–water partition coefficient (Wildman–Crippen LogP) is 1.01. The molecule has 0 unspecified atom stereocenters. The maximum atomic E-state index is 11.1. The lowest BCUT2D eigenvalue weighted by molar-refractivity contribution is 0.241. The van der Waals surface area contributed by atoms with Gasteiger partial charge in [0.15, 0.2) is 0 Å². The predicted molar refractivity (Wildman–Crippen MR) is 56.5 cm³/mol. The van der Waals surface area contributed by atoms with Crippen molar-refractivity contribution in [1.29, 1.82) is 0 Å². The first-order valence-electron chi connectivity index (χ1n) is 4.77. The molecular weight excluding hydrogens is 194 g/mol. The molecule has 5 nitrogen and oxygen atoms in total. The highest BCUT2D eigenvalue weighted by molar-refractivity contribution is 5.73. The molecule has 2 N–H and O–H groups in total. The van der Waals surface area contributed by atoms with Crippen LogP contribution in [0.25, 0.3) is 0 Å². The number of urea groups is 1. The van der Waals surface area contributed by atoms with E-state index in [2.05, 4.69) is 22.4 Å². The smallest absolute Gasteiger partial charge is 0.315 e. The summed E-state index contributed by atoms with van der Waals surface area (Å²) in [6, 6.07) is 1.65. The Labute approximate surface area is 88.5 Å². The van der Waals surface area contributed by atoms with Gasteiger partial charge in [0.2, 0.25) is 0 Å². The van der Waals surface area contributed by atoms with Gasteiger partial charge in [0.05, 0.1) is 5.69 Å². The number of rotatable bonds is 5. The highest BCUT2D eigenvalue weighted by Crippen LogP contribution is 2.01. The summed E-state index contributed by atoms with van der Waals surface area (Å²) in [5.41, 5.74) is 0.848. The van der Waals surface area contributed by atoms with Gasteiger partial charge in [-0.25, -0.2) is 4.79 Å². The zero-order valence-electron chi connectivity index (χ0n) is 8.75. The van der Waals surface area contributed by atoms with E-state index in [1.54, 1.807) is 6.08 Å². The van der Waals surface area contributed by atoms with E-state index < -0.39 is 0 Å². The van der Waals surface area contributed by atoms with Crippen LogP contribution in [-0.4, -0.2) is 24.3 Å². The highest BCUT2D eigenvalue weighted by Gasteiger charge is 2.01. The quantitative estimate of drug-likeness (QED) is 0.711. The lowest BCUT2D eigenvalue weighted by atomic mass is 10.3. The van der Waals surface area contributed by atoms with Crippen molar-refractivity contribution in [3.05, 3.63) is 30.2 Å². The van der Waals surface area contributed by atoms with Crippen LogP contribution in [-0.2, 0) is 6.42 Å². The summed E-state index contributed by atoms with van der Waals surface area (Å²) < 4.78 is 4.99. The molecule has 15 heavy (non-hydrogen) atoms. The molecule has 0 radical (unpaired) electrons. The number of carbonyl (C=O) groups is 1. The van der Waals surface area contributed by atoms with Crippen LogP contribution in [0.3, 0.4) is 0 Å². The topological polar surface area (TPSA) is 67.2 Å². The number of aromatic nitrogens is 1. The van der Waals surface area contributed by atoms with Gasteiger partial charge in [-0.05, 0) is 6.92 Å². The van der Waals surface area contributed by atoms with E-state index in [4.69, 9.17) is 4.52 Å². The number of nitrogens with one attached hydrogen (secondary N) is 2. The first-order valence-corrected chi connectivity index (χ1v) is 4.77. The zero-order valence-corrected chi connectivity index (χ0v) is 8.75. The van der Waals surface area contributed by atoms with Crippen LogP contribution < -0.4 is 10.6 Å². The third kappa shape index (κ3) is 4.30. The van der Waals surface area contributed by atoms with Crippen LogP contribution in [0.5, 0.6) is 0 Å². The SMILES string of the molecule is C=CCNC(=O)NCCc1cc(C)no1. The lowest BCUT2D eigenvalue weighted by Crippen LogP contribution is -2.36. The van der Waals surface area contributed by atoms with E-state index in [1.807, 2.05) is 13.0 Å². The Morgan fingerprint density at radius 3 is 3.07 bits per heavy atom. The minimum atomic E-state index is -0.203. The normalized spacial score (nSPS) is 9.67. The summed E-state index contributed by atoms with van der Waals surface area (Å²) in [7, 11) is 0. The third-order valence-electron chi connectivity index (χ3n) is 1.74. The van der Waals surface area contributed by atoms with Gasteiger partial charge in [0, 0.05) is 25.6 Å². The fourth-order valence-corrected chi connectivity index (χ4v) is 1.06. The molecule has 82 valence electrons. The molecule has 0 bridgehead atoms. The molecule has 0 saturated heterocycles. The lowest BCUT2D eigenvalue weighted by Gasteiger charge is -2.03. The fourth-order valence-electron chi connectivity index (χ4n) is 1.06. The van der Waals surface area contributed by atoms with Gasteiger partial charge in [-0.15, -0.1) is 6.58 Å². The van der Waals surface area contributed by atoms with Gasteiger partial charge in [-0.2, -0.15) is 0 Å². The molecule has 0 saturated carbocycles. The summed E-state index contributed by atoms with van der Waals surface area (Å²) in [6.45, 7) is 6.35. The molecule has 2 amide bonds. The molecule has 0 aromatic carbocycles. The molecule has 1 heterocycles. The molecule has 1 aromatic rings. The van der Waals surface area contributed by atoms with Gasteiger partial charge >= 0.3 is 6.03 Å². The Bertz CT molecular complexity index is 333. The Morgan fingerprint density at radius 1 is 1.67 bits per heavy atom. The molecule has 1 aromatic heterocycles. The maximum Gasteiger partial charge on any atom is 0.315 e. The molecule has 0 spiro atoms. The number of hydrogen-bond donors (Lipinski definition) is 2. The summed E-state index contributed by atoms with van der Waals surface area (Å²) in [4.78, 5) is 11.1. The van der Waals surface area contributed by atoms with Gasteiger partial charge in [0.1, 0.15) is 5.76 Å². The van der Waals surface area contributed by atoms with E-state index in [-0.39, 0.29) is 6.03 Å². The molecule has 0 aliphatic rings. The van der Waals surface area contributed by atoms with Crippen molar-refractivity contribution in [2.75, 3.05) is 13.1 Å². The largest absolute Gasteiger partial charge is 0.361 e. The van der Waals surface area contributed by atoms with Crippen LogP contribution in [0.1, 0.15) is 11.5 Å². The van der Waals surface area contributed by atoms with Crippen LogP contribution >= 0.6 is 0 Å². The van der Waals surface area contributed by atoms with Crippen LogP contribution in [0.2, 0.25) is 0 Å². The van der Waals surface area contributed by atoms with Gasteiger partial charge in [0.25, 0.3) is 0 Å². The van der Waals surface area contributed by atoms with Crippen LogP contribution in [0, 0.1) is 6.92 Å². The number of amides is 2. The molecule has 5 heteroatoms. The summed E-state index contributed by atoms with van der Waals surface area (Å²) in [6.07, 6.45) is 2.27. The van der Waals surface area contributed by atoms with Crippen LogP contribution in [0.15, 0.2) is 23.2 Å². The minimum Gasteiger partial charge on any atom is -0.361 e. The van der Waals surface area contributed by atoms with Crippen molar-refractivity contribution in [1.82, 2.24) is 15.8 Å². The zero-order chi connectivity index (χ0) is 11.1. The second-order valence-electron chi connectivity index (χ2n) is 3.11. The second kappa shape index (κ2) is 5.85. The fraction of sp³-hybridized carbons (Fsp3) is 0.400. The Hall–Kier alpha value is -1.78. The Kier molecular flexibility index (Phi) is 4.40. The molecule has 1 rings (SSSR count). The van der Waals surface area contributed by atoms with E-state index in [0.29, 0.717) is 19.5 Å². The summed E-state index contributed by atoms with van der Waals surface area (Å²) in [5, 5.41) is 9.05. The first-order chi connectivity index (χ1) is 7.22. The van der Waals surface area contributed by atoms with E-state index in [9.17, 15) is 4.79 Å². The molecular formula is C10H15N3O2. The second-order valence-corrected chi connectivity index (χ2v) is 3.11. The van der Waals surface area contributed by atoms with E-state index in [0.717, 1.165) is 11.5 Å². The Morgan fingerprint density at radius 2 is 2.47 bits per heavy atom. The standard InChI is InChI=1S/C10H15N3O2/c1-3-5-11-10(14)12-6-4-9-7-8(2)13-15-9/h3,7H,1,4-6H2,2H3,(H2,11,12,14). The molecule has 0 fully saturated rings. The third-order valence-corrected chi connectivity index (χ3v) is 1.74. The van der Waals surface area contributed by atoms with Crippen LogP contribution in [0.4, 0.5) is 4.79 Å². The van der Waals surface area contributed by atoms with Crippen molar-refractivity contribution in [3.63, 3.8) is 0 Å². The first kappa shape index (κ1) is 11.3. The number of carbonyl (C=O) groups excluding carboxylic acids is 1. The number of aryl methyl sites for hydroxylation is 1. The van der Waals surface area contributed by atoms with E-state index in [1.165, 1.54) is 0 Å². The number of nitrogens with zero attached hydrogens (tertiary/aromatic N) is 1. The van der Waals surface area contributed by atoms with Gasteiger partial charge < -0.3 is 15.2 Å². The van der Waals surface area contributed by atoms with Crippen molar-refractivity contribution < 1.29 is 9.32 Å². The van der Waals surface area contributed by atoms with E-state index >= 15 is 0 Å². The molecule has 0 aliphatic carbocycles. The Balaban J connectivity index is 2.16. The number of hydrogen-bond acceptors (Lipinski definition) is 3. The van der Waals surface area contributed by atoms with Crippen molar-refractivity contribution in [3.8, 4) is 0 Å². The van der Waals surface area contributed by atoms with Gasteiger partial charge in [-0.1, -0.05) is 11.2 Å². The average Bonchev–Trinajstić information content (AvgIpc) is 2.61. The van der Waals surface area contributed by atoms with Crippen molar-refractivity contribution in [2.45, 2.75) is 13.3 Å². The highest BCUT2D eigenvalue weighted by atomic mass is 16.5. The molecule has 0 atom stereocenters.